The van der Waals surface area contributed by atoms with E-state index in [-0.39, 0.29) is 29.8 Å². The molecule has 0 saturated heterocycles. The predicted octanol–water partition coefficient (Wildman–Crippen LogP) is 9.24. The summed E-state index contributed by atoms with van der Waals surface area (Å²) in [5.41, 5.74) is 4.70. The fourth-order valence-electron chi connectivity index (χ4n) is 5.11. The lowest BCUT2D eigenvalue weighted by Gasteiger charge is -2.15. The van der Waals surface area contributed by atoms with Crippen LogP contribution in [0.3, 0.4) is 0 Å². The van der Waals surface area contributed by atoms with Gasteiger partial charge in [-0.05, 0) is 59.9 Å². The lowest BCUT2D eigenvalue weighted by atomic mass is 9.92. The van der Waals surface area contributed by atoms with Crippen molar-refractivity contribution < 1.29 is 18.8 Å². The number of hydrogen-bond acceptors (Lipinski definition) is 5. The van der Waals surface area contributed by atoms with Gasteiger partial charge in [-0.25, -0.2) is 4.79 Å². The zero-order chi connectivity index (χ0) is 27.9. The normalized spacial score (nSPS) is 18.3. The number of nitrogens with zero attached hydrogens (tertiary/aromatic N) is 1. The van der Waals surface area contributed by atoms with E-state index in [0.29, 0.717) is 37.6 Å². The Balaban J connectivity index is 1.35. The molecular weight excluding hydrogens is 557 g/mol. The number of aromatic nitrogens is 1. The van der Waals surface area contributed by atoms with Crippen molar-refractivity contribution in [3.63, 3.8) is 0 Å². The largest absolute Gasteiger partial charge is 0.489 e. The maximum Gasteiger partial charge on any atom is 0.337 e. The fourth-order valence-corrected chi connectivity index (χ4v) is 5.99. The molecule has 2 unspecified atom stereocenters. The van der Waals surface area contributed by atoms with Gasteiger partial charge >= 0.3 is 5.97 Å². The Hall–Kier alpha value is -2.99. The van der Waals surface area contributed by atoms with Gasteiger partial charge in [0, 0.05) is 21.9 Å². The van der Waals surface area contributed by atoms with E-state index in [1.807, 2.05) is 44.2 Å². The Kier molecular flexibility index (Phi) is 7.69. The van der Waals surface area contributed by atoms with Gasteiger partial charge in [-0.1, -0.05) is 85.0 Å². The van der Waals surface area contributed by atoms with Crippen LogP contribution < -0.4 is 4.74 Å². The minimum absolute atomic E-state index is 0.0571. The number of esters is 1. The molecule has 8 heteroatoms. The van der Waals surface area contributed by atoms with Crippen LogP contribution in [0.15, 0.2) is 65.2 Å². The highest BCUT2D eigenvalue weighted by atomic mass is 35.5. The van der Waals surface area contributed by atoms with E-state index >= 15 is 0 Å². The first-order valence-corrected chi connectivity index (χ1v) is 13.8. The number of carbonyl (C=O) groups excluding carboxylic acids is 1. The molecule has 5 rings (SSSR count). The van der Waals surface area contributed by atoms with Crippen LogP contribution in [0.1, 0.15) is 71.8 Å². The Morgan fingerprint density at radius 2 is 1.74 bits per heavy atom. The first-order chi connectivity index (χ1) is 18.6. The number of rotatable bonds is 8. The fraction of sp³-hybridized carbons (Fsp3) is 0.290. The Bertz CT molecular complexity index is 1510. The molecule has 1 aliphatic carbocycles. The van der Waals surface area contributed by atoms with Crippen molar-refractivity contribution in [1.82, 2.24) is 5.16 Å². The predicted molar refractivity (Wildman–Crippen MR) is 154 cm³/mol. The molecule has 1 aromatic heterocycles. The van der Waals surface area contributed by atoms with Gasteiger partial charge in [0.25, 0.3) is 0 Å². The van der Waals surface area contributed by atoms with Crippen molar-refractivity contribution in [2.45, 2.75) is 51.0 Å². The van der Waals surface area contributed by atoms with Crippen molar-refractivity contribution in [2.75, 3.05) is 7.11 Å². The Labute approximate surface area is 243 Å². The monoisotopic (exact) mass is 583 g/mol. The summed E-state index contributed by atoms with van der Waals surface area (Å²) in [7, 11) is 1.38. The van der Waals surface area contributed by atoms with Gasteiger partial charge in [-0.3, -0.25) is 0 Å². The van der Waals surface area contributed by atoms with Gasteiger partial charge in [0.15, 0.2) is 0 Å². The maximum absolute atomic E-state index is 11.8. The summed E-state index contributed by atoms with van der Waals surface area (Å²) in [6.07, 6.45) is 0.963. The third-order valence-corrected chi connectivity index (χ3v) is 8.43. The molecule has 4 aromatic rings. The second kappa shape index (κ2) is 10.9. The van der Waals surface area contributed by atoms with Gasteiger partial charge in [0.2, 0.25) is 0 Å². The van der Waals surface area contributed by atoms with E-state index in [9.17, 15) is 4.79 Å². The summed E-state index contributed by atoms with van der Waals surface area (Å²) in [4.78, 5) is 11.8. The van der Waals surface area contributed by atoms with Crippen LogP contribution in [0.5, 0.6) is 5.75 Å². The van der Waals surface area contributed by atoms with Crippen LogP contribution in [-0.2, 0) is 16.8 Å². The van der Waals surface area contributed by atoms with Crippen molar-refractivity contribution >= 4 is 40.8 Å². The molecule has 0 aliphatic heterocycles. The molecule has 3 aromatic carbocycles. The molecule has 0 spiro atoms. The van der Waals surface area contributed by atoms with Crippen LogP contribution in [0.4, 0.5) is 0 Å². The highest BCUT2D eigenvalue weighted by Crippen LogP contribution is 2.61. The van der Waals surface area contributed by atoms with Gasteiger partial charge in [-0.2, -0.15) is 0 Å². The molecule has 0 radical (unpaired) electrons. The lowest BCUT2D eigenvalue weighted by Crippen LogP contribution is -2.06. The highest BCUT2D eigenvalue weighted by molar-refractivity contribution is 6.39. The van der Waals surface area contributed by atoms with Crippen molar-refractivity contribution in [3.05, 3.63) is 104 Å². The zero-order valence-corrected chi connectivity index (χ0v) is 24.3. The number of methoxy groups -OCH3 is 1. The first kappa shape index (κ1) is 27.6. The Morgan fingerprint density at radius 1 is 1.05 bits per heavy atom. The Morgan fingerprint density at radius 3 is 2.36 bits per heavy atom. The molecule has 202 valence electrons. The lowest BCUT2D eigenvalue weighted by molar-refractivity contribution is 0.0600. The molecule has 1 fully saturated rings. The van der Waals surface area contributed by atoms with Crippen LogP contribution >= 0.6 is 34.8 Å². The van der Waals surface area contributed by atoms with Gasteiger partial charge in [0.05, 0.1) is 28.3 Å². The van der Waals surface area contributed by atoms with E-state index in [1.165, 1.54) is 7.11 Å². The topological polar surface area (TPSA) is 61.6 Å². The summed E-state index contributed by atoms with van der Waals surface area (Å²) in [6.45, 7) is 6.50. The SMILES string of the molecule is COC(=O)c1ccc(C2(C)CC2c2ccc(OCc3c(-c4c(Cl)cccc4Cl)noc3C(C)C)cc2Cl)cc1. The molecule has 1 aliphatic rings. The number of ether oxygens (including phenoxy) is 2. The van der Waals surface area contributed by atoms with Crippen LogP contribution in [0, 0.1) is 0 Å². The second-order valence-electron chi connectivity index (χ2n) is 10.3. The molecule has 0 bridgehead atoms. The number of hydrogen-bond donors (Lipinski definition) is 0. The van der Waals surface area contributed by atoms with Gasteiger partial charge < -0.3 is 14.0 Å². The minimum Gasteiger partial charge on any atom is -0.489 e. The second-order valence-corrected chi connectivity index (χ2v) is 11.6. The number of carbonyl (C=O) groups is 1. The highest BCUT2D eigenvalue weighted by Gasteiger charge is 2.52. The number of benzene rings is 3. The molecule has 0 N–H and O–H groups in total. The molecule has 39 heavy (non-hydrogen) atoms. The summed E-state index contributed by atoms with van der Waals surface area (Å²) < 4.78 is 16.7. The average Bonchev–Trinajstić information content (AvgIpc) is 3.42. The maximum atomic E-state index is 11.8. The van der Waals surface area contributed by atoms with Crippen LogP contribution in [0.2, 0.25) is 15.1 Å². The molecule has 1 heterocycles. The minimum atomic E-state index is -0.341. The van der Waals surface area contributed by atoms with E-state index in [2.05, 4.69) is 12.1 Å². The van der Waals surface area contributed by atoms with Crippen LogP contribution in [0.25, 0.3) is 11.3 Å². The summed E-state index contributed by atoms with van der Waals surface area (Å²) >= 11 is 19.7. The smallest absolute Gasteiger partial charge is 0.337 e. The molecule has 0 amide bonds. The quantitative estimate of drug-likeness (QED) is 0.193. The van der Waals surface area contributed by atoms with Crippen molar-refractivity contribution in [1.29, 1.82) is 0 Å². The van der Waals surface area contributed by atoms with E-state index in [4.69, 9.17) is 48.8 Å². The first-order valence-electron chi connectivity index (χ1n) is 12.7. The molecule has 1 saturated carbocycles. The molecule has 2 atom stereocenters. The number of halogens is 3. The van der Waals surface area contributed by atoms with E-state index in [0.717, 1.165) is 28.9 Å². The summed E-state index contributed by atoms with van der Waals surface area (Å²) in [5, 5.41) is 5.93. The molecular formula is C31H28Cl3NO4. The third kappa shape index (κ3) is 5.28. The van der Waals surface area contributed by atoms with Crippen molar-refractivity contribution in [3.8, 4) is 17.0 Å². The third-order valence-electron chi connectivity index (χ3n) is 7.48. The summed E-state index contributed by atoms with van der Waals surface area (Å²) in [6, 6.07) is 18.7. The average molecular weight is 585 g/mol. The molecule has 5 nitrogen and oxygen atoms in total. The van der Waals surface area contributed by atoms with E-state index < -0.39 is 0 Å². The zero-order valence-electron chi connectivity index (χ0n) is 22.1. The van der Waals surface area contributed by atoms with Gasteiger partial charge in [-0.15, -0.1) is 0 Å². The standard InChI is InChI=1S/C31H28Cl3NO4/c1-17(2)29-22(28(35-39-29)27-24(32)6-5-7-25(27)33)16-38-20-12-13-21(26(34)14-20)23-15-31(23,3)19-10-8-18(9-11-19)30(36)37-4/h5-14,17,23H,15-16H2,1-4H3. The van der Waals surface area contributed by atoms with E-state index in [1.54, 1.807) is 30.3 Å². The van der Waals surface area contributed by atoms with Crippen LogP contribution in [-0.4, -0.2) is 18.2 Å². The van der Waals surface area contributed by atoms with Gasteiger partial charge in [0.1, 0.15) is 23.8 Å². The summed E-state index contributed by atoms with van der Waals surface area (Å²) in [5.74, 6) is 1.37. The van der Waals surface area contributed by atoms with Crippen molar-refractivity contribution in [2.24, 2.45) is 0 Å².